The predicted octanol–water partition coefficient (Wildman–Crippen LogP) is 2.69. The van der Waals surface area contributed by atoms with Gasteiger partial charge in [0.15, 0.2) is 0 Å². The zero-order chi connectivity index (χ0) is 12.3. The van der Waals surface area contributed by atoms with Crippen molar-refractivity contribution in [2.45, 2.75) is 26.3 Å². The lowest BCUT2D eigenvalue weighted by molar-refractivity contribution is 0.787. The fraction of sp³-hybridized carbons (Fsp3) is 0.417. The number of aromatic nitrogens is 3. The first-order valence-corrected chi connectivity index (χ1v) is 6.47. The van der Waals surface area contributed by atoms with Gasteiger partial charge in [0.25, 0.3) is 0 Å². The Morgan fingerprint density at radius 3 is 2.76 bits per heavy atom. The van der Waals surface area contributed by atoms with Crippen LogP contribution in [-0.2, 0) is 6.54 Å². The molecule has 0 aliphatic carbocycles. The van der Waals surface area contributed by atoms with E-state index in [0.29, 0.717) is 5.92 Å². The minimum absolute atomic E-state index is 0.421. The van der Waals surface area contributed by atoms with Crippen molar-refractivity contribution in [1.29, 1.82) is 0 Å². The molecule has 2 aromatic heterocycles. The quantitative estimate of drug-likeness (QED) is 0.834. The number of anilines is 1. The Bertz CT molecular complexity index is 467. The summed E-state index contributed by atoms with van der Waals surface area (Å²) in [5.74, 6) is 1.18. The van der Waals surface area contributed by atoms with Gasteiger partial charge in [0.1, 0.15) is 5.01 Å². The lowest BCUT2D eigenvalue weighted by Gasteiger charge is -2.16. The normalized spacial score (nSPS) is 10.8. The summed E-state index contributed by atoms with van der Waals surface area (Å²) in [6.07, 6.45) is 3.63. The van der Waals surface area contributed by atoms with Gasteiger partial charge in [-0.05, 0) is 12.0 Å². The zero-order valence-electron chi connectivity index (χ0n) is 10.3. The van der Waals surface area contributed by atoms with E-state index in [1.165, 1.54) is 0 Å². The molecule has 2 aromatic rings. The molecule has 0 aromatic carbocycles. The fourth-order valence-electron chi connectivity index (χ4n) is 1.47. The van der Waals surface area contributed by atoms with Crippen molar-refractivity contribution < 1.29 is 0 Å². The lowest BCUT2D eigenvalue weighted by atomic mass is 10.1. The molecule has 0 amide bonds. The number of nitrogens with zero attached hydrogens (tertiary/aromatic N) is 4. The second-order valence-corrected chi connectivity index (χ2v) is 5.20. The van der Waals surface area contributed by atoms with Gasteiger partial charge in [0, 0.05) is 30.5 Å². The smallest absolute Gasteiger partial charge is 0.225 e. The molecule has 90 valence electrons. The molecular weight excluding hydrogens is 232 g/mol. The monoisotopic (exact) mass is 248 g/mol. The first kappa shape index (κ1) is 12.0. The highest BCUT2D eigenvalue weighted by Crippen LogP contribution is 2.16. The molecule has 0 aliphatic rings. The highest BCUT2D eigenvalue weighted by atomic mass is 32.1. The van der Waals surface area contributed by atoms with Crippen molar-refractivity contribution in [3.63, 3.8) is 0 Å². The van der Waals surface area contributed by atoms with Gasteiger partial charge < -0.3 is 4.90 Å². The Morgan fingerprint density at radius 1 is 1.29 bits per heavy atom. The Morgan fingerprint density at radius 2 is 2.12 bits per heavy atom. The van der Waals surface area contributed by atoms with Gasteiger partial charge in [-0.15, -0.1) is 11.3 Å². The Kier molecular flexibility index (Phi) is 3.68. The topological polar surface area (TPSA) is 41.9 Å². The van der Waals surface area contributed by atoms with Crippen LogP contribution in [0.2, 0.25) is 0 Å². The van der Waals surface area contributed by atoms with Gasteiger partial charge in [0.05, 0.1) is 6.54 Å². The summed E-state index contributed by atoms with van der Waals surface area (Å²) in [5.41, 5.74) is 1.07. The third-order valence-electron chi connectivity index (χ3n) is 2.45. The van der Waals surface area contributed by atoms with Crippen LogP contribution in [0.3, 0.4) is 0 Å². The van der Waals surface area contributed by atoms with Crippen LogP contribution in [-0.4, -0.2) is 22.0 Å². The van der Waals surface area contributed by atoms with Crippen LogP contribution >= 0.6 is 11.3 Å². The van der Waals surface area contributed by atoms with E-state index in [2.05, 4.69) is 28.8 Å². The minimum atomic E-state index is 0.421. The fourth-order valence-corrected chi connectivity index (χ4v) is 2.14. The molecule has 0 saturated carbocycles. The van der Waals surface area contributed by atoms with Crippen LogP contribution in [0, 0.1) is 0 Å². The van der Waals surface area contributed by atoms with E-state index >= 15 is 0 Å². The van der Waals surface area contributed by atoms with Gasteiger partial charge in [-0.1, -0.05) is 13.8 Å². The molecule has 5 heteroatoms. The summed E-state index contributed by atoms with van der Waals surface area (Å²) in [6, 6.07) is 1.96. The molecule has 0 radical (unpaired) electrons. The van der Waals surface area contributed by atoms with E-state index in [4.69, 9.17) is 0 Å². The molecule has 2 heterocycles. The SMILES string of the molecule is CC(C)c1ccnc(N(C)Cc2nccs2)n1. The molecule has 0 saturated heterocycles. The Balaban J connectivity index is 2.13. The third-order valence-corrected chi connectivity index (χ3v) is 3.22. The van der Waals surface area contributed by atoms with Crippen molar-refractivity contribution in [1.82, 2.24) is 15.0 Å². The van der Waals surface area contributed by atoms with E-state index in [9.17, 15) is 0 Å². The molecule has 0 unspecified atom stereocenters. The molecule has 0 N–H and O–H groups in total. The lowest BCUT2D eigenvalue weighted by Crippen LogP contribution is -2.19. The van der Waals surface area contributed by atoms with E-state index in [1.807, 2.05) is 35.8 Å². The van der Waals surface area contributed by atoms with Crippen molar-refractivity contribution in [3.8, 4) is 0 Å². The number of rotatable bonds is 4. The second-order valence-electron chi connectivity index (χ2n) is 4.22. The maximum Gasteiger partial charge on any atom is 0.225 e. The van der Waals surface area contributed by atoms with Crippen LogP contribution in [0.5, 0.6) is 0 Å². The van der Waals surface area contributed by atoms with Crippen LogP contribution in [0.1, 0.15) is 30.5 Å². The molecule has 0 atom stereocenters. The number of thiazole rings is 1. The maximum atomic E-state index is 4.54. The minimum Gasteiger partial charge on any atom is -0.337 e. The molecule has 4 nitrogen and oxygen atoms in total. The van der Waals surface area contributed by atoms with Crippen LogP contribution in [0.15, 0.2) is 23.8 Å². The van der Waals surface area contributed by atoms with Gasteiger partial charge in [-0.25, -0.2) is 15.0 Å². The summed E-state index contributed by atoms with van der Waals surface area (Å²) in [4.78, 5) is 15.1. The van der Waals surface area contributed by atoms with Crippen LogP contribution < -0.4 is 4.90 Å². The molecule has 2 rings (SSSR count). The largest absolute Gasteiger partial charge is 0.337 e. The summed E-state index contributed by atoms with van der Waals surface area (Å²) < 4.78 is 0. The number of hydrogen-bond donors (Lipinski definition) is 0. The Hall–Kier alpha value is -1.49. The van der Waals surface area contributed by atoms with Crippen molar-refractivity contribution >= 4 is 17.3 Å². The Labute approximate surface area is 105 Å². The van der Waals surface area contributed by atoms with E-state index in [1.54, 1.807) is 11.3 Å². The average molecular weight is 248 g/mol. The molecule has 0 spiro atoms. The summed E-state index contributed by atoms with van der Waals surface area (Å²) in [5, 5.41) is 3.06. The van der Waals surface area contributed by atoms with Gasteiger partial charge >= 0.3 is 0 Å². The summed E-state index contributed by atoms with van der Waals surface area (Å²) in [7, 11) is 1.99. The first-order chi connectivity index (χ1) is 8.16. The van der Waals surface area contributed by atoms with Gasteiger partial charge in [-0.2, -0.15) is 0 Å². The highest BCUT2D eigenvalue weighted by Gasteiger charge is 2.09. The van der Waals surface area contributed by atoms with E-state index in [0.717, 1.165) is 23.2 Å². The van der Waals surface area contributed by atoms with E-state index in [-0.39, 0.29) is 0 Å². The van der Waals surface area contributed by atoms with Crippen molar-refractivity contribution in [3.05, 3.63) is 34.5 Å². The molecule has 0 fully saturated rings. The number of hydrogen-bond acceptors (Lipinski definition) is 5. The first-order valence-electron chi connectivity index (χ1n) is 5.59. The van der Waals surface area contributed by atoms with E-state index < -0.39 is 0 Å². The van der Waals surface area contributed by atoms with Gasteiger partial charge in [-0.3, -0.25) is 0 Å². The predicted molar refractivity (Wildman–Crippen MR) is 70.3 cm³/mol. The highest BCUT2D eigenvalue weighted by molar-refractivity contribution is 7.09. The van der Waals surface area contributed by atoms with Crippen molar-refractivity contribution in [2.75, 3.05) is 11.9 Å². The van der Waals surface area contributed by atoms with Crippen LogP contribution in [0.25, 0.3) is 0 Å². The zero-order valence-corrected chi connectivity index (χ0v) is 11.1. The average Bonchev–Trinajstić information content (AvgIpc) is 2.82. The molecule has 0 bridgehead atoms. The van der Waals surface area contributed by atoms with Crippen molar-refractivity contribution in [2.24, 2.45) is 0 Å². The van der Waals surface area contributed by atoms with Crippen LogP contribution in [0.4, 0.5) is 5.95 Å². The second kappa shape index (κ2) is 5.23. The standard InChI is InChI=1S/C12H16N4S/c1-9(2)10-4-5-14-12(15-10)16(3)8-11-13-6-7-17-11/h4-7,9H,8H2,1-3H3. The summed E-state index contributed by atoms with van der Waals surface area (Å²) in [6.45, 7) is 5.01. The molecule has 0 aliphatic heterocycles. The molecular formula is C12H16N4S. The van der Waals surface area contributed by atoms with Gasteiger partial charge in [0.2, 0.25) is 5.95 Å². The third kappa shape index (κ3) is 3.00. The molecule has 17 heavy (non-hydrogen) atoms. The maximum absolute atomic E-state index is 4.54. The summed E-state index contributed by atoms with van der Waals surface area (Å²) >= 11 is 1.65.